The van der Waals surface area contributed by atoms with E-state index in [0.29, 0.717) is 5.69 Å². The molecule has 0 aliphatic carbocycles. The first-order chi connectivity index (χ1) is 9.09. The molecule has 0 radical (unpaired) electrons. The van der Waals surface area contributed by atoms with Gasteiger partial charge in [0.05, 0.1) is 10.2 Å². The van der Waals surface area contributed by atoms with Crippen LogP contribution in [0.1, 0.15) is 22.6 Å². The summed E-state index contributed by atoms with van der Waals surface area (Å²) in [4.78, 5) is 12.2. The summed E-state index contributed by atoms with van der Waals surface area (Å²) in [6.45, 7) is 1.59. The standard InChI is InChI=1S/C10H10BrF3N4O2/c1-5-6(11)7(17(2)16-5)8(19)18-9(20,3-4-15-18)10(12,13)14/h4,20H,3H2,1-2H3/t9-/m1/s1. The predicted octanol–water partition coefficient (Wildman–Crippen LogP) is 1.57. The van der Waals surface area contributed by atoms with Gasteiger partial charge in [0.2, 0.25) is 0 Å². The molecule has 0 bridgehead atoms. The molecule has 1 N–H and O–H groups in total. The number of hydrogen-bond donors (Lipinski definition) is 1. The molecule has 1 amide bonds. The Labute approximate surface area is 120 Å². The fourth-order valence-electron chi connectivity index (χ4n) is 1.85. The summed E-state index contributed by atoms with van der Waals surface area (Å²) in [6.07, 6.45) is -4.97. The van der Waals surface area contributed by atoms with Crippen molar-refractivity contribution in [2.75, 3.05) is 0 Å². The summed E-state index contributed by atoms with van der Waals surface area (Å²) in [5, 5.41) is 17.0. The van der Waals surface area contributed by atoms with Crippen LogP contribution in [0.5, 0.6) is 0 Å². The number of alkyl halides is 3. The molecular weight excluding hydrogens is 345 g/mol. The second-order valence-electron chi connectivity index (χ2n) is 4.31. The van der Waals surface area contributed by atoms with E-state index in [1.54, 1.807) is 6.92 Å². The Hall–Kier alpha value is -1.42. The largest absolute Gasteiger partial charge is 0.438 e. The third-order valence-corrected chi connectivity index (χ3v) is 3.87. The van der Waals surface area contributed by atoms with Gasteiger partial charge in [-0.25, -0.2) is 0 Å². The molecule has 1 aromatic heterocycles. The van der Waals surface area contributed by atoms with Gasteiger partial charge in [0.25, 0.3) is 11.6 Å². The van der Waals surface area contributed by atoms with Gasteiger partial charge in [0.1, 0.15) is 5.69 Å². The molecule has 0 saturated heterocycles. The van der Waals surface area contributed by atoms with Crippen LogP contribution in [-0.2, 0) is 7.05 Å². The van der Waals surface area contributed by atoms with E-state index in [4.69, 9.17) is 0 Å². The zero-order valence-corrected chi connectivity index (χ0v) is 12.0. The minimum Gasteiger partial charge on any atom is -0.362 e. The minimum absolute atomic E-state index is 0.0359. The second-order valence-corrected chi connectivity index (χ2v) is 5.10. The monoisotopic (exact) mass is 354 g/mol. The number of halogens is 4. The molecule has 1 aliphatic rings. The third kappa shape index (κ3) is 2.03. The van der Waals surface area contributed by atoms with Crippen LogP contribution in [0.25, 0.3) is 0 Å². The Kier molecular flexibility index (Phi) is 3.41. The van der Waals surface area contributed by atoms with Crippen molar-refractivity contribution in [3.8, 4) is 0 Å². The molecule has 0 fully saturated rings. The van der Waals surface area contributed by atoms with Gasteiger partial charge in [-0.3, -0.25) is 9.48 Å². The van der Waals surface area contributed by atoms with E-state index in [-0.39, 0.29) is 15.2 Å². The summed E-state index contributed by atoms with van der Waals surface area (Å²) in [7, 11) is 1.41. The molecule has 10 heteroatoms. The smallest absolute Gasteiger partial charge is 0.362 e. The van der Waals surface area contributed by atoms with E-state index in [1.165, 1.54) is 7.05 Å². The SMILES string of the molecule is Cc1nn(C)c(C(=O)N2N=CC[C@@]2(O)C(F)(F)F)c1Br. The maximum Gasteiger partial charge on any atom is 0.438 e. The quantitative estimate of drug-likeness (QED) is 0.832. The molecule has 2 heterocycles. The molecule has 1 atom stereocenters. The molecule has 0 unspecified atom stereocenters. The first kappa shape index (κ1) is 15.0. The van der Waals surface area contributed by atoms with E-state index in [9.17, 15) is 23.1 Å². The highest BCUT2D eigenvalue weighted by Crippen LogP contribution is 2.39. The van der Waals surface area contributed by atoms with Gasteiger partial charge in [-0.15, -0.1) is 0 Å². The number of nitrogens with zero attached hydrogens (tertiary/aromatic N) is 4. The Bertz CT molecular complexity index is 598. The first-order valence-corrected chi connectivity index (χ1v) is 6.24. The van der Waals surface area contributed by atoms with Crippen molar-refractivity contribution in [2.45, 2.75) is 25.2 Å². The highest BCUT2D eigenvalue weighted by Gasteiger charge is 2.62. The van der Waals surface area contributed by atoms with Crippen LogP contribution in [-0.4, -0.2) is 43.9 Å². The minimum atomic E-state index is -5.01. The number of hydrogen-bond acceptors (Lipinski definition) is 4. The summed E-state index contributed by atoms with van der Waals surface area (Å²) in [6, 6.07) is 0. The molecule has 2 rings (SSSR count). The molecule has 0 saturated carbocycles. The van der Waals surface area contributed by atoms with Crippen molar-refractivity contribution in [1.29, 1.82) is 0 Å². The van der Waals surface area contributed by atoms with Crippen molar-refractivity contribution in [1.82, 2.24) is 14.8 Å². The molecule has 1 aliphatic heterocycles. The molecule has 6 nitrogen and oxygen atoms in total. The van der Waals surface area contributed by atoms with Crippen molar-refractivity contribution < 1.29 is 23.1 Å². The Morgan fingerprint density at radius 3 is 2.60 bits per heavy atom. The summed E-state index contributed by atoms with van der Waals surface area (Å²) < 4.78 is 40.2. The van der Waals surface area contributed by atoms with Crippen LogP contribution < -0.4 is 0 Å². The Morgan fingerprint density at radius 2 is 2.15 bits per heavy atom. The van der Waals surface area contributed by atoms with Crippen molar-refractivity contribution in [3.05, 3.63) is 15.9 Å². The van der Waals surface area contributed by atoms with Crippen LogP contribution in [0, 0.1) is 6.92 Å². The van der Waals surface area contributed by atoms with E-state index in [0.717, 1.165) is 10.9 Å². The molecular formula is C10H10BrF3N4O2. The van der Waals surface area contributed by atoms with E-state index >= 15 is 0 Å². The number of rotatable bonds is 1. The third-order valence-electron chi connectivity index (χ3n) is 2.92. The fourth-order valence-corrected chi connectivity index (χ4v) is 2.36. The number of aryl methyl sites for hydroxylation is 2. The van der Waals surface area contributed by atoms with Gasteiger partial charge in [0.15, 0.2) is 0 Å². The summed E-state index contributed by atoms with van der Waals surface area (Å²) in [5.74, 6) is -1.09. The maximum atomic E-state index is 12.9. The van der Waals surface area contributed by atoms with Crippen molar-refractivity contribution in [3.63, 3.8) is 0 Å². The highest BCUT2D eigenvalue weighted by molar-refractivity contribution is 9.10. The van der Waals surface area contributed by atoms with Gasteiger partial charge in [-0.05, 0) is 22.9 Å². The summed E-state index contributed by atoms with van der Waals surface area (Å²) >= 11 is 3.09. The molecule has 1 aromatic rings. The number of amides is 1. The van der Waals surface area contributed by atoms with Crippen molar-refractivity contribution >= 4 is 28.1 Å². The van der Waals surface area contributed by atoms with Crippen LogP contribution >= 0.6 is 15.9 Å². The Morgan fingerprint density at radius 1 is 1.55 bits per heavy atom. The van der Waals surface area contributed by atoms with Crippen LogP contribution in [0.4, 0.5) is 13.2 Å². The fraction of sp³-hybridized carbons (Fsp3) is 0.500. The zero-order chi connectivity index (χ0) is 15.3. The van der Waals surface area contributed by atoms with Gasteiger partial charge in [-0.2, -0.15) is 28.4 Å². The topological polar surface area (TPSA) is 70.7 Å². The molecule has 0 spiro atoms. The molecule has 0 aromatic carbocycles. The Balaban J connectivity index is 2.46. The average Bonchev–Trinajstić information content (AvgIpc) is 2.81. The lowest BCUT2D eigenvalue weighted by Crippen LogP contribution is -2.56. The highest BCUT2D eigenvalue weighted by atomic mass is 79.9. The number of carbonyl (C=O) groups excluding carboxylic acids is 1. The molecule has 20 heavy (non-hydrogen) atoms. The number of carbonyl (C=O) groups is 1. The van der Waals surface area contributed by atoms with Crippen LogP contribution in [0.3, 0.4) is 0 Å². The molecule has 110 valence electrons. The second kappa shape index (κ2) is 4.55. The van der Waals surface area contributed by atoms with Crippen molar-refractivity contribution in [2.24, 2.45) is 12.1 Å². The van der Waals surface area contributed by atoms with Gasteiger partial charge >= 0.3 is 6.18 Å². The van der Waals surface area contributed by atoms with Crippen LogP contribution in [0.2, 0.25) is 0 Å². The zero-order valence-electron chi connectivity index (χ0n) is 10.4. The lowest BCUT2D eigenvalue weighted by molar-refractivity contribution is -0.297. The van der Waals surface area contributed by atoms with E-state index in [2.05, 4.69) is 26.1 Å². The van der Waals surface area contributed by atoms with Gasteiger partial charge in [-0.1, -0.05) is 0 Å². The number of aromatic nitrogens is 2. The predicted molar refractivity (Wildman–Crippen MR) is 65.9 cm³/mol. The maximum absolute atomic E-state index is 12.9. The van der Waals surface area contributed by atoms with Crippen LogP contribution in [0.15, 0.2) is 9.57 Å². The lowest BCUT2D eigenvalue weighted by atomic mass is 10.1. The number of aliphatic hydroxyl groups is 1. The first-order valence-electron chi connectivity index (χ1n) is 5.45. The van der Waals surface area contributed by atoms with E-state index in [1.807, 2.05) is 0 Å². The van der Waals surface area contributed by atoms with Gasteiger partial charge in [0, 0.05) is 19.7 Å². The van der Waals surface area contributed by atoms with Gasteiger partial charge < -0.3 is 5.11 Å². The normalized spacial score (nSPS) is 22.6. The summed E-state index contributed by atoms with van der Waals surface area (Å²) in [5.41, 5.74) is -3.01. The number of hydrazone groups is 1. The lowest BCUT2D eigenvalue weighted by Gasteiger charge is -2.32. The van der Waals surface area contributed by atoms with E-state index < -0.39 is 24.2 Å². The average molecular weight is 355 g/mol.